The highest BCUT2D eigenvalue weighted by Gasteiger charge is 2.59. The second-order valence-corrected chi connectivity index (χ2v) is 7.36. The number of likely N-dealkylation sites (tertiary alicyclic amines) is 1. The third-order valence-electron chi connectivity index (χ3n) is 5.54. The third-order valence-corrected chi connectivity index (χ3v) is 5.91. The summed E-state index contributed by atoms with van der Waals surface area (Å²) in [5.41, 5.74) is 0.954. The minimum absolute atomic E-state index is 0.166. The van der Waals surface area contributed by atoms with Crippen LogP contribution in [0.25, 0.3) is 0 Å². The van der Waals surface area contributed by atoms with Gasteiger partial charge in [0, 0.05) is 11.6 Å². The van der Waals surface area contributed by atoms with Gasteiger partial charge in [-0.1, -0.05) is 42.0 Å². The van der Waals surface area contributed by atoms with Gasteiger partial charge >= 0.3 is 0 Å². The summed E-state index contributed by atoms with van der Waals surface area (Å²) in [7, 11) is 0. The van der Waals surface area contributed by atoms with Crippen LogP contribution in [-0.2, 0) is 20.8 Å². The third kappa shape index (κ3) is 2.76. The lowest BCUT2D eigenvalue weighted by atomic mass is 9.85. The van der Waals surface area contributed by atoms with Crippen LogP contribution in [0.3, 0.4) is 0 Å². The molecule has 1 saturated carbocycles. The van der Waals surface area contributed by atoms with E-state index in [0.717, 1.165) is 16.9 Å². The van der Waals surface area contributed by atoms with E-state index < -0.39 is 0 Å². The standard InChI is InChI=1S/C19H19ClN2O3/c20-14-4-2-1-3-11(14)7-8-21-15(23)10-22-18(24)16-12-5-6-13(9-12)17(16)19(22)25/h1-6,12-13,16-17H,7-10H2,(H,21,23)/t12-,13-,16-,17+/m0/s1. The number of nitrogens with one attached hydrogen (secondary N) is 1. The molecule has 5 nitrogen and oxygen atoms in total. The molecule has 1 aromatic carbocycles. The molecule has 1 saturated heterocycles. The molecule has 4 atom stereocenters. The van der Waals surface area contributed by atoms with Crippen molar-refractivity contribution < 1.29 is 14.4 Å². The van der Waals surface area contributed by atoms with Crippen molar-refractivity contribution in [2.24, 2.45) is 23.7 Å². The number of rotatable bonds is 5. The minimum Gasteiger partial charge on any atom is -0.354 e. The average molecular weight is 359 g/mol. The maximum Gasteiger partial charge on any atom is 0.240 e. The molecule has 3 amide bonds. The van der Waals surface area contributed by atoms with Crippen LogP contribution in [0.4, 0.5) is 0 Å². The monoisotopic (exact) mass is 358 g/mol. The summed E-state index contributed by atoms with van der Waals surface area (Å²) in [6.45, 7) is 0.227. The van der Waals surface area contributed by atoms with Crippen molar-refractivity contribution in [3.63, 3.8) is 0 Å². The number of halogens is 1. The van der Waals surface area contributed by atoms with E-state index in [2.05, 4.69) is 5.32 Å². The van der Waals surface area contributed by atoms with Crippen LogP contribution in [0.5, 0.6) is 0 Å². The Morgan fingerprint density at radius 3 is 2.40 bits per heavy atom. The highest BCUT2D eigenvalue weighted by molar-refractivity contribution is 6.31. The van der Waals surface area contributed by atoms with Gasteiger partial charge in [-0.2, -0.15) is 0 Å². The van der Waals surface area contributed by atoms with Crippen LogP contribution in [0, 0.1) is 23.7 Å². The largest absolute Gasteiger partial charge is 0.354 e. The van der Waals surface area contributed by atoms with Crippen LogP contribution < -0.4 is 5.32 Å². The van der Waals surface area contributed by atoms with Crippen LogP contribution >= 0.6 is 11.6 Å². The fourth-order valence-electron chi connectivity index (χ4n) is 4.36. The number of carbonyl (C=O) groups is 3. The summed E-state index contributed by atoms with van der Waals surface area (Å²) in [5.74, 6) is -0.855. The topological polar surface area (TPSA) is 66.5 Å². The predicted octanol–water partition coefficient (Wildman–Crippen LogP) is 1.81. The summed E-state index contributed by atoms with van der Waals surface area (Å²) in [6.07, 6.45) is 5.59. The van der Waals surface area contributed by atoms with Crippen LogP contribution in [0.2, 0.25) is 5.02 Å². The number of allylic oxidation sites excluding steroid dienone is 2. The number of fused-ring (bicyclic) bond motifs is 5. The molecule has 3 aliphatic rings. The molecule has 1 N–H and O–H groups in total. The SMILES string of the molecule is O=C(CN1C(=O)[C@@H]2[C@H](C1=O)[C@H]1C=C[C@H]2C1)NCCc1ccccc1Cl. The van der Waals surface area contributed by atoms with Gasteiger partial charge in [0.2, 0.25) is 17.7 Å². The van der Waals surface area contributed by atoms with Gasteiger partial charge in [-0.3, -0.25) is 19.3 Å². The lowest BCUT2D eigenvalue weighted by Crippen LogP contribution is -2.42. The summed E-state index contributed by atoms with van der Waals surface area (Å²) >= 11 is 6.09. The van der Waals surface area contributed by atoms with Gasteiger partial charge in [0.05, 0.1) is 11.8 Å². The van der Waals surface area contributed by atoms with Gasteiger partial charge in [0.25, 0.3) is 0 Å². The Hall–Kier alpha value is -2.14. The van der Waals surface area contributed by atoms with E-state index in [1.807, 2.05) is 30.4 Å². The van der Waals surface area contributed by atoms with Crippen molar-refractivity contribution >= 4 is 29.3 Å². The zero-order valence-electron chi connectivity index (χ0n) is 13.7. The van der Waals surface area contributed by atoms with E-state index in [0.29, 0.717) is 18.0 Å². The summed E-state index contributed by atoms with van der Waals surface area (Å²) in [6, 6.07) is 7.47. The minimum atomic E-state index is -0.311. The van der Waals surface area contributed by atoms with Gasteiger partial charge in [0.15, 0.2) is 0 Å². The Kier molecular flexibility index (Phi) is 4.12. The first kappa shape index (κ1) is 16.3. The Morgan fingerprint density at radius 2 is 1.76 bits per heavy atom. The lowest BCUT2D eigenvalue weighted by molar-refractivity contribution is -0.144. The average Bonchev–Trinajstić information content (AvgIpc) is 3.27. The zero-order chi connectivity index (χ0) is 17.6. The fourth-order valence-corrected chi connectivity index (χ4v) is 4.59. The van der Waals surface area contributed by atoms with Gasteiger partial charge in [-0.15, -0.1) is 0 Å². The molecule has 0 spiro atoms. The van der Waals surface area contributed by atoms with Crippen LogP contribution in [0.1, 0.15) is 12.0 Å². The number of hydrogen-bond acceptors (Lipinski definition) is 3. The molecule has 0 aromatic heterocycles. The maximum atomic E-state index is 12.5. The summed E-state index contributed by atoms with van der Waals surface area (Å²) in [4.78, 5) is 38.4. The molecule has 6 heteroatoms. The number of benzene rings is 1. The lowest BCUT2D eigenvalue weighted by Gasteiger charge is -2.16. The predicted molar refractivity (Wildman–Crippen MR) is 92.6 cm³/mol. The molecule has 1 aromatic rings. The van der Waals surface area contributed by atoms with E-state index in [1.165, 1.54) is 0 Å². The van der Waals surface area contributed by atoms with Gasteiger partial charge in [-0.25, -0.2) is 0 Å². The number of amides is 3. The van der Waals surface area contributed by atoms with Crippen molar-refractivity contribution in [2.75, 3.05) is 13.1 Å². The molecule has 4 rings (SSSR count). The van der Waals surface area contributed by atoms with Crippen molar-refractivity contribution in [1.29, 1.82) is 0 Å². The Balaban J connectivity index is 1.32. The molecular weight excluding hydrogens is 340 g/mol. The Bertz CT molecular complexity index is 746. The Labute approximate surface area is 151 Å². The van der Waals surface area contributed by atoms with Crippen molar-refractivity contribution in [2.45, 2.75) is 12.8 Å². The molecule has 130 valence electrons. The molecule has 0 unspecified atom stereocenters. The molecule has 2 fully saturated rings. The number of carbonyl (C=O) groups excluding carboxylic acids is 3. The first-order chi connectivity index (χ1) is 12.1. The quantitative estimate of drug-likeness (QED) is 0.644. The summed E-state index contributed by atoms with van der Waals surface area (Å²) in [5, 5.41) is 3.44. The second kappa shape index (κ2) is 6.30. The van der Waals surface area contributed by atoms with Gasteiger partial charge in [-0.05, 0) is 36.3 Å². The van der Waals surface area contributed by atoms with E-state index in [9.17, 15) is 14.4 Å². The molecule has 25 heavy (non-hydrogen) atoms. The van der Waals surface area contributed by atoms with Crippen LogP contribution in [0.15, 0.2) is 36.4 Å². The van der Waals surface area contributed by atoms with Gasteiger partial charge < -0.3 is 5.32 Å². The maximum absolute atomic E-state index is 12.5. The highest BCUT2D eigenvalue weighted by atomic mass is 35.5. The second-order valence-electron chi connectivity index (χ2n) is 6.95. The van der Waals surface area contributed by atoms with E-state index in [1.54, 1.807) is 6.07 Å². The normalized spacial score (nSPS) is 29.4. The van der Waals surface area contributed by atoms with Gasteiger partial charge in [0.1, 0.15) is 6.54 Å². The van der Waals surface area contributed by atoms with E-state index >= 15 is 0 Å². The molecule has 2 aliphatic carbocycles. The van der Waals surface area contributed by atoms with Crippen molar-refractivity contribution in [1.82, 2.24) is 10.2 Å². The van der Waals surface area contributed by atoms with Crippen molar-refractivity contribution in [3.05, 3.63) is 47.0 Å². The van der Waals surface area contributed by atoms with E-state index in [4.69, 9.17) is 11.6 Å². The number of hydrogen-bond donors (Lipinski definition) is 1. The number of imide groups is 1. The number of nitrogens with zero attached hydrogens (tertiary/aromatic N) is 1. The summed E-state index contributed by atoms with van der Waals surface area (Å²) < 4.78 is 0. The molecule has 2 bridgehead atoms. The fraction of sp³-hybridized carbons (Fsp3) is 0.421. The molecule has 1 aliphatic heterocycles. The van der Waals surface area contributed by atoms with Crippen molar-refractivity contribution in [3.8, 4) is 0 Å². The molecule has 1 heterocycles. The molecule has 0 radical (unpaired) electrons. The Morgan fingerprint density at radius 1 is 1.12 bits per heavy atom. The van der Waals surface area contributed by atoms with E-state index in [-0.39, 0.29) is 47.9 Å². The molecular formula is C19H19ClN2O3. The first-order valence-electron chi connectivity index (χ1n) is 8.60. The smallest absolute Gasteiger partial charge is 0.240 e. The highest BCUT2D eigenvalue weighted by Crippen LogP contribution is 2.52. The first-order valence-corrected chi connectivity index (χ1v) is 8.97. The van der Waals surface area contributed by atoms with Crippen LogP contribution in [-0.4, -0.2) is 35.7 Å². The zero-order valence-corrected chi connectivity index (χ0v) is 14.4.